The standard InChI is InChI=1S/C20H25NO10/c1-11(22)27-10-15-17(29-12(2)23)18(30-13(3)24)16(19(25)31-15)21-20(26)28-9-14-7-5-4-6-8-14/h4-8,15-19,25H,9-10H2,1-3H3,(H,21,26)/t15-,16-,17-,18-,19-/m1/s1. The highest BCUT2D eigenvalue weighted by atomic mass is 16.7. The molecule has 0 spiro atoms. The second-order valence-corrected chi connectivity index (χ2v) is 6.75. The fourth-order valence-electron chi connectivity index (χ4n) is 2.97. The Morgan fingerprint density at radius 2 is 1.55 bits per heavy atom. The molecule has 0 unspecified atom stereocenters. The van der Waals surface area contributed by atoms with Crippen LogP contribution in [0.25, 0.3) is 0 Å². The summed E-state index contributed by atoms with van der Waals surface area (Å²) in [5.74, 6) is -2.12. The minimum Gasteiger partial charge on any atom is -0.463 e. The lowest BCUT2D eigenvalue weighted by atomic mass is 9.96. The van der Waals surface area contributed by atoms with Crippen molar-refractivity contribution < 1.29 is 48.0 Å². The zero-order valence-corrected chi connectivity index (χ0v) is 17.3. The first-order chi connectivity index (χ1) is 14.7. The lowest BCUT2D eigenvalue weighted by Gasteiger charge is -2.43. The summed E-state index contributed by atoms with van der Waals surface area (Å²) in [5, 5.41) is 12.8. The van der Waals surface area contributed by atoms with E-state index in [2.05, 4.69) is 5.32 Å². The predicted octanol–water partition coefficient (Wildman–Crippen LogP) is 0.425. The molecule has 2 rings (SSSR count). The molecule has 0 saturated carbocycles. The number of hydrogen-bond donors (Lipinski definition) is 2. The van der Waals surface area contributed by atoms with Gasteiger partial charge in [-0.05, 0) is 5.56 Å². The molecule has 11 heteroatoms. The van der Waals surface area contributed by atoms with Crippen molar-refractivity contribution in [2.75, 3.05) is 6.61 Å². The number of hydrogen-bond acceptors (Lipinski definition) is 10. The van der Waals surface area contributed by atoms with E-state index in [9.17, 15) is 24.3 Å². The molecule has 1 aliphatic heterocycles. The van der Waals surface area contributed by atoms with Crippen molar-refractivity contribution in [2.45, 2.75) is 58.0 Å². The van der Waals surface area contributed by atoms with Gasteiger partial charge in [0.15, 0.2) is 18.5 Å². The summed E-state index contributed by atoms with van der Waals surface area (Å²) in [6.45, 7) is 2.97. The van der Waals surface area contributed by atoms with Gasteiger partial charge in [0.05, 0.1) is 0 Å². The van der Waals surface area contributed by atoms with Crippen LogP contribution >= 0.6 is 0 Å². The Balaban J connectivity index is 2.16. The van der Waals surface area contributed by atoms with Crippen molar-refractivity contribution in [3.8, 4) is 0 Å². The Morgan fingerprint density at radius 3 is 2.13 bits per heavy atom. The normalized spacial score (nSPS) is 25.1. The van der Waals surface area contributed by atoms with E-state index in [0.717, 1.165) is 26.3 Å². The Kier molecular flexibility index (Phi) is 8.76. The maximum atomic E-state index is 12.3. The van der Waals surface area contributed by atoms with Crippen molar-refractivity contribution in [3.63, 3.8) is 0 Å². The van der Waals surface area contributed by atoms with Crippen molar-refractivity contribution >= 4 is 24.0 Å². The summed E-state index contributed by atoms with van der Waals surface area (Å²) in [4.78, 5) is 46.7. The van der Waals surface area contributed by atoms with Crippen LogP contribution in [-0.2, 0) is 44.7 Å². The van der Waals surface area contributed by atoms with E-state index < -0.39 is 54.6 Å². The Hall–Kier alpha value is -3.18. The van der Waals surface area contributed by atoms with Gasteiger partial charge in [0.2, 0.25) is 0 Å². The number of amides is 1. The van der Waals surface area contributed by atoms with Gasteiger partial charge >= 0.3 is 24.0 Å². The molecular weight excluding hydrogens is 414 g/mol. The number of benzene rings is 1. The summed E-state index contributed by atoms with van der Waals surface area (Å²) in [7, 11) is 0. The topological polar surface area (TPSA) is 147 Å². The van der Waals surface area contributed by atoms with Crippen LogP contribution in [-0.4, -0.2) is 66.4 Å². The minimum atomic E-state index is -1.68. The number of carbonyl (C=O) groups excluding carboxylic acids is 4. The molecule has 0 bridgehead atoms. The third-order valence-electron chi connectivity index (χ3n) is 4.22. The van der Waals surface area contributed by atoms with Crippen LogP contribution < -0.4 is 5.32 Å². The Bertz CT molecular complexity index is 783. The first-order valence-corrected chi connectivity index (χ1v) is 9.46. The van der Waals surface area contributed by atoms with Gasteiger partial charge in [-0.2, -0.15) is 0 Å². The lowest BCUT2D eigenvalue weighted by molar-refractivity contribution is -0.264. The maximum Gasteiger partial charge on any atom is 0.407 e. The van der Waals surface area contributed by atoms with Gasteiger partial charge in [0.1, 0.15) is 25.4 Å². The van der Waals surface area contributed by atoms with E-state index in [1.165, 1.54) is 0 Å². The monoisotopic (exact) mass is 439 g/mol. The van der Waals surface area contributed by atoms with Crippen LogP contribution in [0.5, 0.6) is 0 Å². The number of alkyl carbamates (subject to hydrolysis) is 1. The molecule has 11 nitrogen and oxygen atoms in total. The highest BCUT2D eigenvalue weighted by Gasteiger charge is 2.50. The number of aliphatic hydroxyl groups excluding tert-OH is 1. The molecule has 170 valence electrons. The van der Waals surface area contributed by atoms with Crippen LogP contribution in [0.15, 0.2) is 30.3 Å². The van der Waals surface area contributed by atoms with E-state index in [1.54, 1.807) is 24.3 Å². The fourth-order valence-corrected chi connectivity index (χ4v) is 2.97. The Morgan fingerprint density at radius 1 is 0.935 bits per heavy atom. The predicted molar refractivity (Wildman–Crippen MR) is 102 cm³/mol. The summed E-state index contributed by atoms with van der Waals surface area (Å²) >= 11 is 0. The molecule has 1 amide bonds. The molecular formula is C20H25NO10. The fraction of sp³-hybridized carbons (Fsp3) is 0.500. The molecule has 5 atom stereocenters. The van der Waals surface area contributed by atoms with E-state index in [-0.39, 0.29) is 13.2 Å². The first-order valence-electron chi connectivity index (χ1n) is 9.46. The van der Waals surface area contributed by atoms with Crippen molar-refractivity contribution in [1.29, 1.82) is 0 Å². The van der Waals surface area contributed by atoms with Gasteiger partial charge in [0.25, 0.3) is 0 Å². The van der Waals surface area contributed by atoms with Gasteiger partial charge in [-0.25, -0.2) is 4.79 Å². The molecule has 1 fully saturated rings. The number of rotatable bonds is 7. The van der Waals surface area contributed by atoms with Gasteiger partial charge in [-0.3, -0.25) is 14.4 Å². The first kappa shape index (κ1) is 24.1. The van der Waals surface area contributed by atoms with E-state index in [0.29, 0.717) is 0 Å². The number of carbonyl (C=O) groups is 4. The van der Waals surface area contributed by atoms with Crippen LogP contribution in [0.2, 0.25) is 0 Å². The van der Waals surface area contributed by atoms with Gasteiger partial charge < -0.3 is 34.1 Å². The van der Waals surface area contributed by atoms with Gasteiger partial charge in [-0.1, -0.05) is 30.3 Å². The van der Waals surface area contributed by atoms with E-state index in [4.69, 9.17) is 23.7 Å². The van der Waals surface area contributed by atoms with Crippen molar-refractivity contribution in [1.82, 2.24) is 5.32 Å². The minimum absolute atomic E-state index is 0.0446. The summed E-state index contributed by atoms with van der Waals surface area (Å²) < 4.78 is 25.8. The Labute approximate surface area is 178 Å². The third kappa shape index (κ3) is 7.54. The van der Waals surface area contributed by atoms with E-state index in [1.807, 2.05) is 6.07 Å². The quantitative estimate of drug-likeness (QED) is 0.453. The van der Waals surface area contributed by atoms with Crippen LogP contribution in [0.1, 0.15) is 26.3 Å². The van der Waals surface area contributed by atoms with E-state index >= 15 is 0 Å². The van der Waals surface area contributed by atoms with Crippen molar-refractivity contribution in [3.05, 3.63) is 35.9 Å². The third-order valence-corrected chi connectivity index (χ3v) is 4.22. The summed E-state index contributed by atoms with van der Waals surface area (Å²) in [5.41, 5.74) is 0.730. The zero-order valence-electron chi connectivity index (χ0n) is 17.3. The SMILES string of the molecule is CC(=O)OC[C@H]1O[C@@H](O)[C@H](NC(=O)OCc2ccccc2)[C@@H](OC(C)=O)[C@@H]1OC(C)=O. The second-order valence-electron chi connectivity index (χ2n) is 6.75. The molecule has 1 aromatic carbocycles. The van der Waals surface area contributed by atoms with Crippen LogP contribution in [0.3, 0.4) is 0 Å². The molecule has 1 aromatic rings. The largest absolute Gasteiger partial charge is 0.463 e. The molecule has 0 aromatic heterocycles. The van der Waals surface area contributed by atoms with Gasteiger partial charge in [-0.15, -0.1) is 0 Å². The average molecular weight is 439 g/mol. The zero-order chi connectivity index (χ0) is 23.0. The molecule has 1 heterocycles. The number of nitrogens with one attached hydrogen (secondary N) is 1. The second kappa shape index (κ2) is 11.3. The highest BCUT2D eigenvalue weighted by molar-refractivity contribution is 5.69. The van der Waals surface area contributed by atoms with Gasteiger partial charge in [0, 0.05) is 20.8 Å². The average Bonchev–Trinajstić information content (AvgIpc) is 2.70. The molecule has 0 radical (unpaired) electrons. The number of esters is 3. The number of ether oxygens (including phenoxy) is 5. The summed E-state index contributed by atoms with van der Waals surface area (Å²) in [6.07, 6.45) is -6.36. The smallest absolute Gasteiger partial charge is 0.407 e. The molecule has 1 saturated heterocycles. The van der Waals surface area contributed by atoms with Crippen LogP contribution in [0, 0.1) is 0 Å². The lowest BCUT2D eigenvalue weighted by Crippen LogP contribution is -2.66. The highest BCUT2D eigenvalue weighted by Crippen LogP contribution is 2.26. The molecule has 0 aliphatic carbocycles. The molecule has 31 heavy (non-hydrogen) atoms. The molecule has 2 N–H and O–H groups in total. The molecule has 1 aliphatic rings. The van der Waals surface area contributed by atoms with Crippen LogP contribution in [0.4, 0.5) is 4.79 Å². The maximum absolute atomic E-state index is 12.3. The summed E-state index contributed by atoms with van der Waals surface area (Å²) in [6, 6.07) is 7.54. The number of aliphatic hydroxyl groups is 1. The van der Waals surface area contributed by atoms with Crippen molar-refractivity contribution in [2.24, 2.45) is 0 Å².